The Morgan fingerprint density at radius 2 is 0.793 bits per heavy atom. The van der Waals surface area contributed by atoms with Gasteiger partial charge in [-0.1, -0.05) is 63.8 Å². The van der Waals surface area contributed by atoms with Crippen molar-refractivity contribution in [2.45, 2.75) is 153 Å². The third-order valence-electron chi connectivity index (χ3n) is 15.5. The number of anilines is 2. The highest BCUT2D eigenvalue weighted by Gasteiger charge is 2.35. The minimum Gasteiger partial charge on any atom is -0.382 e. The van der Waals surface area contributed by atoms with Crippen LogP contribution in [-0.4, -0.2) is 114 Å². The minimum absolute atomic E-state index is 0.167. The summed E-state index contributed by atoms with van der Waals surface area (Å²) in [5.41, 5.74) is 4.27. The minimum atomic E-state index is -0.197. The lowest BCUT2D eigenvalue weighted by Crippen LogP contribution is -2.53. The molecule has 6 aliphatic rings. The van der Waals surface area contributed by atoms with Crippen molar-refractivity contribution < 1.29 is 14.4 Å². The Labute approximate surface area is 349 Å². The van der Waals surface area contributed by atoms with Gasteiger partial charge in [0, 0.05) is 112 Å². The fourth-order valence-electron chi connectivity index (χ4n) is 11.6. The average molecular weight is 793 g/mol. The van der Waals surface area contributed by atoms with E-state index in [0.29, 0.717) is 23.9 Å². The molecule has 9 nitrogen and oxygen atoms in total. The van der Waals surface area contributed by atoms with E-state index < -0.39 is 0 Å². The molecule has 0 spiro atoms. The third-order valence-corrected chi connectivity index (χ3v) is 15.5. The summed E-state index contributed by atoms with van der Waals surface area (Å²) in [6.45, 7) is 11.8. The van der Waals surface area contributed by atoms with Crippen molar-refractivity contribution in [2.24, 2.45) is 11.8 Å². The zero-order valence-electron chi connectivity index (χ0n) is 35.7. The Morgan fingerprint density at radius 3 is 1.12 bits per heavy atom. The van der Waals surface area contributed by atoms with Crippen LogP contribution in [0.4, 0.5) is 11.4 Å². The lowest BCUT2D eigenvalue weighted by atomic mass is 9.84. The topological polar surface area (TPSA) is 88.2 Å². The van der Waals surface area contributed by atoms with Gasteiger partial charge in [0.1, 0.15) is 5.78 Å². The van der Waals surface area contributed by atoms with Crippen LogP contribution in [0.2, 0.25) is 0 Å². The van der Waals surface area contributed by atoms with Crippen LogP contribution < -0.4 is 10.6 Å². The van der Waals surface area contributed by atoms with Gasteiger partial charge in [-0.2, -0.15) is 0 Å². The number of hydrogen-bond acceptors (Lipinski definition) is 7. The monoisotopic (exact) mass is 793 g/mol. The van der Waals surface area contributed by atoms with Gasteiger partial charge in [0.05, 0.1) is 0 Å². The summed E-state index contributed by atoms with van der Waals surface area (Å²) in [4.78, 5) is 50.0. The van der Waals surface area contributed by atoms with E-state index in [0.717, 1.165) is 138 Å². The molecule has 0 radical (unpaired) electrons. The van der Waals surface area contributed by atoms with E-state index in [4.69, 9.17) is 0 Å². The molecule has 58 heavy (non-hydrogen) atoms. The van der Waals surface area contributed by atoms with Gasteiger partial charge in [-0.3, -0.25) is 24.2 Å². The summed E-state index contributed by atoms with van der Waals surface area (Å²) < 4.78 is 0. The summed E-state index contributed by atoms with van der Waals surface area (Å²) in [5, 5.41) is 7.45. The van der Waals surface area contributed by atoms with Crippen molar-refractivity contribution >= 4 is 29.0 Å². The summed E-state index contributed by atoms with van der Waals surface area (Å²) in [6, 6.07) is 19.1. The Balaban J connectivity index is 0.733. The number of nitrogens with one attached hydrogen (secondary N) is 2. The molecule has 4 saturated carbocycles. The third kappa shape index (κ3) is 9.94. The number of ketones is 1. The molecule has 4 aliphatic carbocycles. The zero-order valence-corrected chi connectivity index (χ0v) is 35.7. The van der Waals surface area contributed by atoms with Gasteiger partial charge in [0.25, 0.3) is 0 Å². The van der Waals surface area contributed by atoms with Gasteiger partial charge in [-0.25, -0.2) is 0 Å². The quantitative estimate of drug-likeness (QED) is 0.224. The second-order valence-corrected chi connectivity index (χ2v) is 19.1. The summed E-state index contributed by atoms with van der Waals surface area (Å²) in [6.07, 6.45) is 18.7. The standard InChI is InChI=1S/C49H72N6O3/c1-35(37-11-19-41(20-12-37)50-43-23-15-39(16-24-43)48(57)54-31-27-52(28-32-54)45-7-3-4-8-45)47(56)36(2)38-13-21-42(22-14-38)51-44-25-17-40(18-26-44)49(58)55-33-29-53(30-34-55)46-9-5-6-10-46/h11-14,19-22,35-36,39-40,43-46,50-51H,3-10,15-18,23-34H2,1-2H3. The van der Waals surface area contributed by atoms with Crippen molar-refractivity contribution in [3.05, 3.63) is 59.7 Å². The fourth-order valence-corrected chi connectivity index (χ4v) is 11.6. The number of hydrogen-bond donors (Lipinski definition) is 2. The van der Waals surface area contributed by atoms with E-state index in [1.165, 1.54) is 51.4 Å². The van der Waals surface area contributed by atoms with Crippen LogP contribution in [0.25, 0.3) is 0 Å². The van der Waals surface area contributed by atoms with E-state index in [-0.39, 0.29) is 29.5 Å². The largest absolute Gasteiger partial charge is 0.382 e. The van der Waals surface area contributed by atoms with Crippen LogP contribution >= 0.6 is 0 Å². The first-order chi connectivity index (χ1) is 28.3. The summed E-state index contributed by atoms with van der Waals surface area (Å²) in [7, 11) is 0. The molecule has 2 saturated heterocycles. The van der Waals surface area contributed by atoms with E-state index in [2.05, 4.69) is 78.8 Å². The number of piperazine rings is 2. The van der Waals surface area contributed by atoms with Gasteiger partial charge in [-0.05, 0) is 112 Å². The molecule has 2 aromatic rings. The highest BCUT2D eigenvalue weighted by Crippen LogP contribution is 2.33. The van der Waals surface area contributed by atoms with E-state index >= 15 is 0 Å². The zero-order chi connectivity index (χ0) is 40.0. The molecule has 2 aromatic carbocycles. The first-order valence-electron chi connectivity index (χ1n) is 23.6. The molecule has 316 valence electrons. The molecule has 6 fully saturated rings. The van der Waals surface area contributed by atoms with Crippen molar-refractivity contribution in [1.82, 2.24) is 19.6 Å². The SMILES string of the molecule is CC(C(=O)C(C)c1ccc(NC2CCC(C(=O)N3CCN(C4CCCC4)CC3)CC2)cc1)c1ccc(NC2CCC(C(=O)N3CCN(C4CCCC4)CC3)CC2)cc1. The molecule has 2 unspecified atom stereocenters. The van der Waals surface area contributed by atoms with E-state index in [9.17, 15) is 14.4 Å². The summed E-state index contributed by atoms with van der Waals surface area (Å²) >= 11 is 0. The number of benzene rings is 2. The maximum absolute atomic E-state index is 13.7. The second-order valence-electron chi connectivity index (χ2n) is 19.1. The van der Waals surface area contributed by atoms with Crippen LogP contribution in [-0.2, 0) is 14.4 Å². The van der Waals surface area contributed by atoms with Gasteiger partial charge in [0.15, 0.2) is 0 Å². The molecule has 2 atom stereocenters. The van der Waals surface area contributed by atoms with Gasteiger partial charge in [0.2, 0.25) is 11.8 Å². The maximum Gasteiger partial charge on any atom is 0.225 e. The molecule has 8 rings (SSSR count). The Morgan fingerprint density at radius 1 is 0.466 bits per heavy atom. The Kier molecular flexibility index (Phi) is 13.8. The molecule has 9 heteroatoms. The van der Waals surface area contributed by atoms with Crippen LogP contribution in [0.5, 0.6) is 0 Å². The van der Waals surface area contributed by atoms with Crippen LogP contribution in [0.1, 0.15) is 140 Å². The predicted molar refractivity (Wildman–Crippen MR) is 234 cm³/mol. The molecule has 2 heterocycles. The first kappa shape index (κ1) is 41.3. The van der Waals surface area contributed by atoms with Crippen LogP contribution in [0.15, 0.2) is 48.5 Å². The Hall–Kier alpha value is -3.43. The highest BCUT2D eigenvalue weighted by atomic mass is 16.2. The van der Waals surface area contributed by atoms with Gasteiger partial charge in [-0.15, -0.1) is 0 Å². The van der Waals surface area contributed by atoms with Crippen molar-refractivity contribution in [3.63, 3.8) is 0 Å². The molecular formula is C49H72N6O3. The maximum atomic E-state index is 13.7. The number of carbonyl (C=O) groups excluding carboxylic acids is 3. The van der Waals surface area contributed by atoms with Crippen molar-refractivity contribution in [3.8, 4) is 0 Å². The van der Waals surface area contributed by atoms with E-state index in [1.807, 2.05) is 13.8 Å². The van der Waals surface area contributed by atoms with Crippen molar-refractivity contribution in [2.75, 3.05) is 63.0 Å². The Bertz CT molecular complexity index is 1520. The molecule has 2 N–H and O–H groups in total. The predicted octanol–water partition coefficient (Wildman–Crippen LogP) is 8.28. The molecule has 2 amide bonds. The molecule has 0 aromatic heterocycles. The van der Waals surface area contributed by atoms with Crippen LogP contribution in [0.3, 0.4) is 0 Å². The fraction of sp³-hybridized carbons (Fsp3) is 0.694. The van der Waals surface area contributed by atoms with Gasteiger partial charge < -0.3 is 20.4 Å². The number of Topliss-reactive ketones (excluding diaryl/α,β-unsaturated/α-hetero) is 1. The lowest BCUT2D eigenvalue weighted by Gasteiger charge is -2.40. The second kappa shape index (κ2) is 19.3. The number of amides is 2. The summed E-state index contributed by atoms with van der Waals surface area (Å²) in [5.74, 6) is 0.938. The number of carbonyl (C=O) groups is 3. The van der Waals surface area contributed by atoms with E-state index in [1.54, 1.807) is 0 Å². The average Bonchev–Trinajstić information content (AvgIpc) is 4.03. The molecular weight excluding hydrogens is 721 g/mol. The normalized spacial score (nSPS) is 28.0. The van der Waals surface area contributed by atoms with Gasteiger partial charge >= 0.3 is 0 Å². The first-order valence-corrected chi connectivity index (χ1v) is 23.6. The number of rotatable bonds is 12. The lowest BCUT2D eigenvalue weighted by molar-refractivity contribution is -0.139. The van der Waals surface area contributed by atoms with Crippen LogP contribution in [0, 0.1) is 11.8 Å². The van der Waals surface area contributed by atoms with Crippen molar-refractivity contribution in [1.29, 1.82) is 0 Å². The smallest absolute Gasteiger partial charge is 0.225 e. The molecule has 0 bridgehead atoms. The molecule has 2 aliphatic heterocycles. The number of nitrogens with zero attached hydrogens (tertiary/aromatic N) is 4. The highest BCUT2D eigenvalue weighted by molar-refractivity contribution is 5.91.